The van der Waals surface area contributed by atoms with Crippen molar-refractivity contribution in [3.63, 3.8) is 0 Å². The van der Waals surface area contributed by atoms with Crippen molar-refractivity contribution >= 4 is 28.9 Å². The van der Waals surface area contributed by atoms with Crippen LogP contribution in [0.2, 0.25) is 0 Å². The quantitative estimate of drug-likeness (QED) is 0.606. The Morgan fingerprint density at radius 1 is 1.13 bits per heavy atom. The zero-order chi connectivity index (χ0) is 22.0. The van der Waals surface area contributed by atoms with Crippen molar-refractivity contribution in [3.05, 3.63) is 76.1 Å². The Hall–Kier alpha value is -4.14. The second kappa shape index (κ2) is 8.31. The van der Waals surface area contributed by atoms with Crippen molar-refractivity contribution in [1.29, 1.82) is 0 Å². The van der Waals surface area contributed by atoms with Gasteiger partial charge in [0, 0.05) is 5.39 Å². The molecule has 0 spiro atoms. The summed E-state index contributed by atoms with van der Waals surface area (Å²) in [4.78, 5) is 50.2. The second-order valence-corrected chi connectivity index (χ2v) is 6.82. The largest absolute Gasteiger partial charge is 0.493 e. The van der Waals surface area contributed by atoms with Crippen molar-refractivity contribution in [3.8, 4) is 5.75 Å². The average molecular weight is 422 g/mol. The van der Waals surface area contributed by atoms with Gasteiger partial charge in [0.1, 0.15) is 5.56 Å². The van der Waals surface area contributed by atoms with Crippen LogP contribution in [0.25, 0.3) is 11.0 Å². The molecule has 158 valence electrons. The summed E-state index contributed by atoms with van der Waals surface area (Å²) < 4.78 is 15.2. The lowest BCUT2D eigenvalue weighted by molar-refractivity contribution is -0.126. The Kier molecular flexibility index (Phi) is 5.40. The molecule has 0 radical (unpaired) electrons. The fourth-order valence-electron chi connectivity index (χ4n) is 3.33. The van der Waals surface area contributed by atoms with Gasteiger partial charge in [-0.05, 0) is 17.7 Å². The maximum Gasteiger partial charge on any atom is 0.417 e. The van der Waals surface area contributed by atoms with Gasteiger partial charge in [-0.15, -0.1) is 0 Å². The minimum Gasteiger partial charge on any atom is -0.493 e. The molecule has 0 bridgehead atoms. The number of hydrogen-bond donors (Lipinski definition) is 1. The zero-order valence-electron chi connectivity index (χ0n) is 16.5. The van der Waals surface area contributed by atoms with Gasteiger partial charge in [-0.25, -0.2) is 14.5 Å². The molecule has 31 heavy (non-hydrogen) atoms. The standard InChI is InChI=1S/C22H18N2O7/c1-29-17-9-5-8-14-10-15(21(27)31-19(14)17)20(26)23-16(13-6-3-2-4-7-13)11-24-18(25)12-30-22(24)28/h2-10,16H,11-12H2,1H3,(H,23,26)/t16-/m0/s1. The predicted octanol–water partition coefficient (Wildman–Crippen LogP) is 2.25. The summed E-state index contributed by atoms with van der Waals surface area (Å²) >= 11 is 0. The van der Waals surface area contributed by atoms with E-state index in [0.29, 0.717) is 16.7 Å². The molecule has 9 nitrogen and oxygen atoms in total. The Bertz CT molecular complexity index is 1200. The van der Waals surface area contributed by atoms with Gasteiger partial charge in [0.25, 0.3) is 11.8 Å². The Morgan fingerprint density at radius 2 is 1.90 bits per heavy atom. The van der Waals surface area contributed by atoms with Crippen LogP contribution in [0.15, 0.2) is 63.8 Å². The molecule has 1 aliphatic rings. The maximum absolute atomic E-state index is 13.0. The molecule has 4 rings (SSSR count). The molecule has 1 aromatic heterocycles. The van der Waals surface area contributed by atoms with E-state index in [2.05, 4.69) is 5.32 Å². The van der Waals surface area contributed by atoms with E-state index in [9.17, 15) is 19.2 Å². The lowest BCUT2D eigenvalue weighted by Gasteiger charge is -2.22. The van der Waals surface area contributed by atoms with Crippen LogP contribution in [0.4, 0.5) is 4.79 Å². The summed E-state index contributed by atoms with van der Waals surface area (Å²) in [6.07, 6.45) is -0.780. The van der Waals surface area contributed by atoms with Crippen molar-refractivity contribution in [2.45, 2.75) is 6.04 Å². The average Bonchev–Trinajstić information content (AvgIpc) is 3.10. The van der Waals surface area contributed by atoms with Crippen LogP contribution < -0.4 is 15.7 Å². The SMILES string of the molecule is COc1cccc2cc(C(=O)N[C@@H](CN3C(=O)COC3=O)c3ccccc3)c(=O)oc12. The van der Waals surface area contributed by atoms with Crippen molar-refractivity contribution in [1.82, 2.24) is 10.2 Å². The number of cyclic esters (lactones) is 1. The minimum absolute atomic E-state index is 0.139. The van der Waals surface area contributed by atoms with Gasteiger partial charge >= 0.3 is 11.7 Å². The van der Waals surface area contributed by atoms with E-state index >= 15 is 0 Å². The molecule has 1 atom stereocenters. The monoisotopic (exact) mass is 422 g/mol. The number of nitrogens with one attached hydrogen (secondary N) is 1. The van der Waals surface area contributed by atoms with Gasteiger partial charge in [-0.3, -0.25) is 9.59 Å². The first-order valence-electron chi connectivity index (χ1n) is 9.41. The number of imide groups is 1. The van der Waals surface area contributed by atoms with Gasteiger partial charge < -0.3 is 19.2 Å². The molecule has 9 heteroatoms. The molecule has 1 aliphatic heterocycles. The number of methoxy groups -OCH3 is 1. The lowest BCUT2D eigenvalue weighted by atomic mass is 10.1. The highest BCUT2D eigenvalue weighted by atomic mass is 16.6. The predicted molar refractivity (Wildman–Crippen MR) is 109 cm³/mol. The highest BCUT2D eigenvalue weighted by molar-refractivity contribution is 5.99. The molecule has 2 heterocycles. The molecule has 2 aromatic carbocycles. The number of para-hydroxylation sites is 1. The number of benzene rings is 2. The number of amides is 3. The second-order valence-electron chi connectivity index (χ2n) is 6.82. The van der Waals surface area contributed by atoms with E-state index in [1.807, 2.05) is 0 Å². The summed E-state index contributed by atoms with van der Waals surface area (Å²) in [6.45, 7) is -0.482. The first-order chi connectivity index (χ1) is 15.0. The van der Waals surface area contributed by atoms with E-state index in [-0.39, 0.29) is 24.3 Å². The topological polar surface area (TPSA) is 115 Å². The number of carbonyl (C=O) groups is 3. The van der Waals surface area contributed by atoms with Crippen LogP contribution in [-0.2, 0) is 9.53 Å². The van der Waals surface area contributed by atoms with Crippen LogP contribution in [0.5, 0.6) is 5.75 Å². The third-order valence-corrected chi connectivity index (χ3v) is 4.90. The molecule has 1 saturated heterocycles. The fourth-order valence-corrected chi connectivity index (χ4v) is 3.33. The summed E-state index contributed by atoms with van der Waals surface area (Å²) in [5, 5.41) is 3.23. The third kappa shape index (κ3) is 3.97. The Labute approximate surface area is 176 Å². The Balaban J connectivity index is 1.66. The molecule has 1 N–H and O–H groups in total. The highest BCUT2D eigenvalue weighted by Gasteiger charge is 2.34. The van der Waals surface area contributed by atoms with E-state index in [0.717, 1.165) is 4.90 Å². The first-order valence-corrected chi connectivity index (χ1v) is 9.41. The van der Waals surface area contributed by atoms with Gasteiger partial charge in [0.05, 0.1) is 19.7 Å². The molecule has 3 aromatic rings. The molecule has 0 saturated carbocycles. The summed E-state index contributed by atoms with van der Waals surface area (Å²) in [6, 6.07) is 14.5. The number of nitrogens with zero attached hydrogens (tertiary/aromatic N) is 1. The molecular weight excluding hydrogens is 404 g/mol. The number of fused-ring (bicyclic) bond motifs is 1. The van der Waals surface area contributed by atoms with Crippen LogP contribution in [0.3, 0.4) is 0 Å². The highest BCUT2D eigenvalue weighted by Crippen LogP contribution is 2.25. The zero-order valence-corrected chi connectivity index (χ0v) is 16.5. The molecule has 0 aliphatic carbocycles. The third-order valence-electron chi connectivity index (χ3n) is 4.90. The van der Waals surface area contributed by atoms with Crippen molar-refractivity contribution in [2.24, 2.45) is 0 Å². The summed E-state index contributed by atoms with van der Waals surface area (Å²) in [5.41, 5.74) is -0.165. The van der Waals surface area contributed by atoms with Crippen molar-refractivity contribution < 1.29 is 28.3 Å². The van der Waals surface area contributed by atoms with E-state index in [4.69, 9.17) is 13.9 Å². The normalized spacial score (nSPS) is 14.4. The maximum atomic E-state index is 13.0. The molecular formula is C22H18N2O7. The first kappa shape index (κ1) is 20.1. The Morgan fingerprint density at radius 3 is 2.58 bits per heavy atom. The van der Waals surface area contributed by atoms with Crippen LogP contribution >= 0.6 is 0 Å². The summed E-state index contributed by atoms with van der Waals surface area (Å²) in [5.74, 6) is -0.834. The van der Waals surface area contributed by atoms with Crippen LogP contribution in [0.1, 0.15) is 22.0 Å². The van der Waals surface area contributed by atoms with E-state index in [1.54, 1.807) is 48.5 Å². The van der Waals surface area contributed by atoms with Crippen LogP contribution in [-0.4, -0.2) is 43.1 Å². The van der Waals surface area contributed by atoms with Crippen molar-refractivity contribution in [2.75, 3.05) is 20.3 Å². The van der Waals surface area contributed by atoms with Gasteiger partial charge in [-0.2, -0.15) is 0 Å². The molecule has 0 unspecified atom stereocenters. The fraction of sp³-hybridized carbons (Fsp3) is 0.182. The molecule has 3 amide bonds. The number of ether oxygens (including phenoxy) is 2. The van der Waals surface area contributed by atoms with Gasteiger partial charge in [0.15, 0.2) is 17.9 Å². The van der Waals surface area contributed by atoms with E-state index in [1.165, 1.54) is 13.2 Å². The number of carbonyl (C=O) groups excluding carboxylic acids is 3. The molecule has 1 fully saturated rings. The van der Waals surface area contributed by atoms with Gasteiger partial charge in [-0.1, -0.05) is 42.5 Å². The number of hydrogen-bond acceptors (Lipinski definition) is 7. The van der Waals surface area contributed by atoms with Gasteiger partial charge in [0.2, 0.25) is 0 Å². The summed E-state index contributed by atoms with van der Waals surface area (Å²) in [7, 11) is 1.45. The van der Waals surface area contributed by atoms with Crippen LogP contribution in [0, 0.1) is 0 Å². The lowest BCUT2D eigenvalue weighted by Crippen LogP contribution is -2.41. The minimum atomic E-state index is -0.835. The smallest absolute Gasteiger partial charge is 0.417 e. The number of rotatable bonds is 6. The van der Waals surface area contributed by atoms with E-state index < -0.39 is 29.6 Å².